The monoisotopic (exact) mass is 218 g/mol. The lowest BCUT2D eigenvalue weighted by molar-refractivity contribution is -0.132. The van der Waals surface area contributed by atoms with E-state index < -0.39 is 6.10 Å². The van der Waals surface area contributed by atoms with E-state index in [9.17, 15) is 9.90 Å². The minimum absolute atomic E-state index is 0.00546. The molecule has 1 fully saturated rings. The average molecular weight is 218 g/mol. The number of hydrogen-bond acceptors (Lipinski definition) is 2. The Morgan fingerprint density at radius 2 is 1.75 bits per heavy atom. The van der Waals surface area contributed by atoms with E-state index in [0.29, 0.717) is 0 Å². The second kappa shape index (κ2) is 5.26. The third kappa shape index (κ3) is 2.50. The fraction of sp³-hybridized carbons (Fsp3) is 0.500. The summed E-state index contributed by atoms with van der Waals surface area (Å²) >= 11 is 0. The number of aliphatic hydroxyl groups excluding tert-OH is 1. The molecule has 1 N–H and O–H groups in total. The van der Waals surface area contributed by atoms with Crippen LogP contribution in [0.3, 0.4) is 0 Å². The molecule has 16 heavy (non-hydrogen) atoms. The van der Waals surface area contributed by atoms with Gasteiger partial charge in [0.15, 0.2) is 5.78 Å². The van der Waals surface area contributed by atoms with Crippen molar-refractivity contribution in [1.82, 2.24) is 0 Å². The summed E-state index contributed by atoms with van der Waals surface area (Å²) in [5.41, 5.74) is 0.720. The number of aliphatic hydroxyl groups is 1. The SMILES string of the molecule is O=C(C1CCCCC1)C(O)c1ccccc1. The lowest BCUT2D eigenvalue weighted by Crippen LogP contribution is -2.24. The molecular weight excluding hydrogens is 200 g/mol. The van der Waals surface area contributed by atoms with E-state index in [1.165, 1.54) is 6.42 Å². The third-order valence-corrected chi connectivity index (χ3v) is 3.39. The molecule has 2 heteroatoms. The van der Waals surface area contributed by atoms with E-state index in [1.54, 1.807) is 0 Å². The maximum absolute atomic E-state index is 12.0. The van der Waals surface area contributed by atoms with E-state index in [4.69, 9.17) is 0 Å². The Hall–Kier alpha value is -1.15. The molecule has 0 bridgehead atoms. The van der Waals surface area contributed by atoms with Crippen LogP contribution in [0.1, 0.15) is 43.8 Å². The molecule has 86 valence electrons. The lowest BCUT2D eigenvalue weighted by atomic mass is 9.83. The number of carbonyl (C=O) groups excluding carboxylic acids is 1. The third-order valence-electron chi connectivity index (χ3n) is 3.39. The number of hydrogen-bond donors (Lipinski definition) is 1. The zero-order chi connectivity index (χ0) is 11.4. The molecule has 1 aliphatic carbocycles. The van der Waals surface area contributed by atoms with Crippen LogP contribution in [0.5, 0.6) is 0 Å². The topological polar surface area (TPSA) is 37.3 Å². The van der Waals surface area contributed by atoms with Crippen LogP contribution in [0.25, 0.3) is 0 Å². The van der Waals surface area contributed by atoms with Crippen molar-refractivity contribution >= 4 is 5.78 Å². The highest BCUT2D eigenvalue weighted by molar-refractivity contribution is 5.86. The largest absolute Gasteiger partial charge is 0.381 e. The highest BCUT2D eigenvalue weighted by atomic mass is 16.3. The highest BCUT2D eigenvalue weighted by Crippen LogP contribution is 2.28. The normalized spacial score (nSPS) is 19.3. The Balaban J connectivity index is 2.04. The number of rotatable bonds is 3. The van der Waals surface area contributed by atoms with Gasteiger partial charge in [-0.2, -0.15) is 0 Å². The van der Waals surface area contributed by atoms with Gasteiger partial charge in [-0.05, 0) is 18.4 Å². The molecule has 1 atom stereocenters. The molecule has 1 saturated carbocycles. The van der Waals surface area contributed by atoms with Gasteiger partial charge in [-0.15, -0.1) is 0 Å². The second-order valence-corrected chi connectivity index (χ2v) is 4.55. The molecule has 1 aliphatic rings. The van der Waals surface area contributed by atoms with Gasteiger partial charge in [0.1, 0.15) is 6.10 Å². The Morgan fingerprint density at radius 1 is 1.12 bits per heavy atom. The van der Waals surface area contributed by atoms with Gasteiger partial charge >= 0.3 is 0 Å². The molecule has 1 aromatic carbocycles. The van der Waals surface area contributed by atoms with Crippen molar-refractivity contribution in [3.8, 4) is 0 Å². The molecule has 0 aromatic heterocycles. The number of Topliss-reactive ketones (excluding diaryl/α,β-unsaturated/α-hetero) is 1. The maximum atomic E-state index is 12.0. The van der Waals surface area contributed by atoms with Gasteiger partial charge in [0.25, 0.3) is 0 Å². The fourth-order valence-corrected chi connectivity index (χ4v) is 2.41. The minimum Gasteiger partial charge on any atom is -0.381 e. The van der Waals surface area contributed by atoms with E-state index in [2.05, 4.69) is 0 Å². The van der Waals surface area contributed by atoms with Gasteiger partial charge in [0.2, 0.25) is 0 Å². The summed E-state index contributed by atoms with van der Waals surface area (Å²) in [5.74, 6) is 0.0786. The number of ketones is 1. The molecule has 1 unspecified atom stereocenters. The summed E-state index contributed by atoms with van der Waals surface area (Å²) in [6, 6.07) is 9.22. The second-order valence-electron chi connectivity index (χ2n) is 4.55. The first-order chi connectivity index (χ1) is 7.79. The van der Waals surface area contributed by atoms with Gasteiger partial charge in [-0.1, -0.05) is 49.6 Å². The lowest BCUT2D eigenvalue weighted by Gasteiger charge is -2.22. The van der Waals surface area contributed by atoms with Crippen molar-refractivity contribution < 1.29 is 9.90 Å². The van der Waals surface area contributed by atoms with Crippen LogP contribution in [-0.4, -0.2) is 10.9 Å². The van der Waals surface area contributed by atoms with E-state index in [0.717, 1.165) is 31.2 Å². The first-order valence-corrected chi connectivity index (χ1v) is 6.06. The van der Waals surface area contributed by atoms with Crippen molar-refractivity contribution in [2.24, 2.45) is 5.92 Å². The Bertz CT molecular complexity index is 339. The van der Waals surface area contributed by atoms with Crippen LogP contribution >= 0.6 is 0 Å². The first kappa shape index (κ1) is 11.3. The zero-order valence-corrected chi connectivity index (χ0v) is 9.43. The zero-order valence-electron chi connectivity index (χ0n) is 9.43. The highest BCUT2D eigenvalue weighted by Gasteiger charge is 2.27. The maximum Gasteiger partial charge on any atom is 0.168 e. The molecule has 2 nitrogen and oxygen atoms in total. The van der Waals surface area contributed by atoms with Crippen molar-refractivity contribution in [2.75, 3.05) is 0 Å². The Morgan fingerprint density at radius 3 is 2.38 bits per heavy atom. The van der Waals surface area contributed by atoms with Crippen LogP contribution in [0.15, 0.2) is 30.3 Å². The van der Waals surface area contributed by atoms with Crippen molar-refractivity contribution in [1.29, 1.82) is 0 Å². The quantitative estimate of drug-likeness (QED) is 0.847. The average Bonchev–Trinajstić information content (AvgIpc) is 2.39. The smallest absolute Gasteiger partial charge is 0.168 e. The molecule has 0 radical (unpaired) electrons. The molecule has 0 aliphatic heterocycles. The van der Waals surface area contributed by atoms with Crippen LogP contribution in [-0.2, 0) is 4.79 Å². The molecule has 0 saturated heterocycles. The summed E-state index contributed by atoms with van der Waals surface area (Å²) in [5, 5.41) is 9.99. The van der Waals surface area contributed by atoms with Crippen molar-refractivity contribution in [2.45, 2.75) is 38.2 Å². The van der Waals surface area contributed by atoms with Crippen molar-refractivity contribution in [3.63, 3.8) is 0 Å². The van der Waals surface area contributed by atoms with Crippen LogP contribution < -0.4 is 0 Å². The predicted molar refractivity (Wildman–Crippen MR) is 63.0 cm³/mol. The summed E-state index contributed by atoms with van der Waals surface area (Å²) in [4.78, 5) is 12.0. The Kier molecular flexibility index (Phi) is 3.73. The summed E-state index contributed by atoms with van der Waals surface area (Å²) < 4.78 is 0. The molecule has 1 aromatic rings. The van der Waals surface area contributed by atoms with E-state index >= 15 is 0 Å². The number of benzene rings is 1. The molecule has 2 rings (SSSR count). The molecule has 0 amide bonds. The van der Waals surface area contributed by atoms with Crippen LogP contribution in [0.2, 0.25) is 0 Å². The molecule has 0 heterocycles. The standard InChI is InChI=1S/C14H18O2/c15-13(11-7-3-1-4-8-11)14(16)12-9-5-2-6-10-12/h1,3-4,7-8,12-13,15H,2,5-6,9-10H2. The van der Waals surface area contributed by atoms with Gasteiger partial charge in [0, 0.05) is 5.92 Å². The fourth-order valence-electron chi connectivity index (χ4n) is 2.41. The van der Waals surface area contributed by atoms with E-state index in [-0.39, 0.29) is 11.7 Å². The van der Waals surface area contributed by atoms with Gasteiger partial charge in [0.05, 0.1) is 0 Å². The van der Waals surface area contributed by atoms with Crippen molar-refractivity contribution in [3.05, 3.63) is 35.9 Å². The van der Waals surface area contributed by atoms with Crippen LogP contribution in [0, 0.1) is 5.92 Å². The van der Waals surface area contributed by atoms with Crippen LogP contribution in [0.4, 0.5) is 0 Å². The predicted octanol–water partition coefficient (Wildman–Crippen LogP) is 2.87. The van der Waals surface area contributed by atoms with E-state index in [1.807, 2.05) is 30.3 Å². The minimum atomic E-state index is -0.927. The Labute approximate surface area is 96.3 Å². The molecule has 0 spiro atoms. The van der Waals surface area contributed by atoms with Gasteiger partial charge < -0.3 is 5.11 Å². The summed E-state index contributed by atoms with van der Waals surface area (Å²) in [7, 11) is 0. The molecular formula is C14H18O2. The first-order valence-electron chi connectivity index (χ1n) is 6.06. The summed E-state index contributed by atoms with van der Waals surface area (Å²) in [6.07, 6.45) is 4.44. The van der Waals surface area contributed by atoms with Gasteiger partial charge in [-0.25, -0.2) is 0 Å². The number of carbonyl (C=O) groups is 1. The van der Waals surface area contributed by atoms with Gasteiger partial charge in [-0.3, -0.25) is 4.79 Å². The summed E-state index contributed by atoms with van der Waals surface area (Å²) in [6.45, 7) is 0.